The third-order valence-corrected chi connectivity index (χ3v) is 5.22. The van der Waals surface area contributed by atoms with E-state index in [1.807, 2.05) is 25.1 Å². The number of carbonyl (C=O) groups excluding carboxylic acids is 1. The van der Waals surface area contributed by atoms with Crippen LogP contribution < -0.4 is 15.2 Å². The van der Waals surface area contributed by atoms with Crippen LogP contribution in [0.3, 0.4) is 0 Å². The summed E-state index contributed by atoms with van der Waals surface area (Å²) >= 11 is 1.56. The van der Waals surface area contributed by atoms with E-state index in [2.05, 4.69) is 27.5 Å². The predicted molar refractivity (Wildman–Crippen MR) is 113 cm³/mol. The van der Waals surface area contributed by atoms with Crippen LogP contribution in [-0.2, 0) is 4.79 Å². The Bertz CT molecular complexity index is 1160. The first kappa shape index (κ1) is 18.9. The van der Waals surface area contributed by atoms with Gasteiger partial charge in [-0.15, -0.1) is 11.3 Å². The van der Waals surface area contributed by atoms with E-state index in [0.29, 0.717) is 23.2 Å². The number of primary amides is 1. The number of benzene rings is 2. The van der Waals surface area contributed by atoms with Crippen LogP contribution in [0.2, 0.25) is 0 Å². The minimum atomic E-state index is -0.704. The van der Waals surface area contributed by atoms with Gasteiger partial charge in [-0.2, -0.15) is 4.98 Å². The van der Waals surface area contributed by atoms with Gasteiger partial charge < -0.3 is 15.2 Å². The number of hydrogen-bond acceptors (Lipinski definition) is 6. The fraction of sp³-hybridized carbons (Fsp3) is 0.136. The second-order valence-electron chi connectivity index (χ2n) is 6.51. The van der Waals surface area contributed by atoms with Crippen LogP contribution in [0.15, 0.2) is 60.0 Å². The zero-order valence-corrected chi connectivity index (χ0v) is 16.8. The van der Waals surface area contributed by atoms with Crippen molar-refractivity contribution in [3.05, 3.63) is 65.8 Å². The molecule has 146 valence electrons. The highest BCUT2D eigenvalue weighted by atomic mass is 32.1. The Morgan fingerprint density at radius 1 is 1.03 bits per heavy atom. The third-order valence-electron chi connectivity index (χ3n) is 4.35. The number of rotatable bonds is 6. The van der Waals surface area contributed by atoms with Crippen molar-refractivity contribution in [1.29, 1.82) is 0 Å². The molecule has 4 aromatic rings. The summed E-state index contributed by atoms with van der Waals surface area (Å²) in [6, 6.07) is 17.1. The number of nitrogens with two attached hydrogens (primary N) is 1. The molecule has 1 amide bonds. The molecule has 29 heavy (non-hydrogen) atoms. The van der Waals surface area contributed by atoms with E-state index in [4.69, 9.17) is 15.2 Å². The molecule has 2 N–H and O–H groups in total. The number of thiophene rings is 1. The number of fused-ring (bicyclic) bond motifs is 1. The number of ether oxygens (including phenoxy) is 2. The summed E-state index contributed by atoms with van der Waals surface area (Å²) < 4.78 is 11.6. The maximum atomic E-state index is 11.2. The van der Waals surface area contributed by atoms with E-state index < -0.39 is 12.0 Å². The SMILES string of the molecule is Cc1nc(Oc2ccc(OC(C)C(N)=O)cc2)c2c(-c3ccccc3)csc2n1. The van der Waals surface area contributed by atoms with Crippen molar-refractivity contribution in [3.63, 3.8) is 0 Å². The topological polar surface area (TPSA) is 87.3 Å². The lowest BCUT2D eigenvalue weighted by molar-refractivity contribution is -0.123. The molecule has 0 radical (unpaired) electrons. The van der Waals surface area contributed by atoms with Gasteiger partial charge in [0.1, 0.15) is 22.2 Å². The molecule has 0 saturated carbocycles. The number of carbonyl (C=O) groups is 1. The molecular formula is C22H19N3O3S. The van der Waals surface area contributed by atoms with Gasteiger partial charge in [0.25, 0.3) is 5.91 Å². The largest absolute Gasteiger partial charge is 0.481 e. The molecule has 0 aliphatic heterocycles. The third kappa shape index (κ3) is 4.05. The molecule has 2 aromatic carbocycles. The molecule has 0 aliphatic carbocycles. The summed E-state index contributed by atoms with van der Waals surface area (Å²) in [5, 5.41) is 2.96. The Morgan fingerprint density at radius 2 is 1.72 bits per heavy atom. The first-order chi connectivity index (χ1) is 14.0. The summed E-state index contributed by atoms with van der Waals surface area (Å²) in [5.74, 6) is 1.77. The predicted octanol–water partition coefficient (Wildman–Crippen LogP) is 4.71. The van der Waals surface area contributed by atoms with E-state index in [0.717, 1.165) is 21.3 Å². The van der Waals surface area contributed by atoms with Gasteiger partial charge in [0.15, 0.2) is 6.10 Å². The molecule has 0 bridgehead atoms. The first-order valence-electron chi connectivity index (χ1n) is 9.06. The lowest BCUT2D eigenvalue weighted by Gasteiger charge is -2.12. The van der Waals surface area contributed by atoms with E-state index in [1.54, 1.807) is 42.5 Å². The van der Waals surface area contributed by atoms with Crippen LogP contribution in [0, 0.1) is 6.92 Å². The highest BCUT2D eigenvalue weighted by molar-refractivity contribution is 7.17. The standard InChI is InChI=1S/C22H19N3O3S/c1-13(20(23)26)27-16-8-10-17(11-9-16)28-21-19-18(15-6-4-3-5-7-15)12-29-22(19)25-14(2)24-21/h3-13H,1-2H3,(H2,23,26). The molecule has 0 aliphatic rings. The second kappa shape index (κ2) is 7.89. The maximum absolute atomic E-state index is 11.2. The van der Waals surface area contributed by atoms with Crippen molar-refractivity contribution in [1.82, 2.24) is 9.97 Å². The van der Waals surface area contributed by atoms with E-state index in [1.165, 1.54) is 0 Å². The van der Waals surface area contributed by atoms with Gasteiger partial charge >= 0.3 is 0 Å². The molecule has 7 heteroatoms. The monoisotopic (exact) mass is 405 g/mol. The maximum Gasteiger partial charge on any atom is 0.258 e. The number of amides is 1. The first-order valence-corrected chi connectivity index (χ1v) is 9.94. The van der Waals surface area contributed by atoms with Crippen LogP contribution in [0.5, 0.6) is 17.4 Å². The fourth-order valence-corrected chi connectivity index (χ4v) is 3.86. The Kier molecular flexibility index (Phi) is 5.14. The van der Waals surface area contributed by atoms with Crippen molar-refractivity contribution in [2.45, 2.75) is 20.0 Å². The quantitative estimate of drug-likeness (QED) is 0.502. The smallest absolute Gasteiger partial charge is 0.258 e. The van der Waals surface area contributed by atoms with Crippen LogP contribution in [-0.4, -0.2) is 22.0 Å². The Hall–Kier alpha value is -3.45. The van der Waals surface area contributed by atoms with Crippen molar-refractivity contribution in [3.8, 4) is 28.5 Å². The summed E-state index contributed by atoms with van der Waals surface area (Å²) in [6.45, 7) is 3.45. The normalized spacial score (nSPS) is 11.9. The van der Waals surface area contributed by atoms with Gasteiger partial charge in [-0.05, 0) is 43.7 Å². The number of aromatic nitrogens is 2. The van der Waals surface area contributed by atoms with E-state index in [9.17, 15) is 4.79 Å². The van der Waals surface area contributed by atoms with Gasteiger partial charge in [-0.1, -0.05) is 30.3 Å². The summed E-state index contributed by atoms with van der Waals surface area (Å²) in [5.41, 5.74) is 7.35. The molecule has 2 heterocycles. The molecule has 1 atom stereocenters. The Labute approximate surface area is 171 Å². The van der Waals surface area contributed by atoms with Crippen molar-refractivity contribution in [2.24, 2.45) is 5.73 Å². The number of hydrogen-bond donors (Lipinski definition) is 1. The highest BCUT2D eigenvalue weighted by Crippen LogP contribution is 2.39. The molecule has 0 spiro atoms. The van der Waals surface area contributed by atoms with Crippen molar-refractivity contribution < 1.29 is 14.3 Å². The van der Waals surface area contributed by atoms with Crippen molar-refractivity contribution in [2.75, 3.05) is 0 Å². The molecule has 6 nitrogen and oxygen atoms in total. The summed E-state index contributed by atoms with van der Waals surface area (Å²) in [4.78, 5) is 21.1. The Balaban J connectivity index is 1.67. The molecular weight excluding hydrogens is 386 g/mol. The van der Waals surface area contributed by atoms with Gasteiger partial charge in [0.05, 0.1) is 5.39 Å². The van der Waals surface area contributed by atoms with Gasteiger partial charge in [-0.3, -0.25) is 4.79 Å². The lowest BCUT2D eigenvalue weighted by Crippen LogP contribution is -2.30. The van der Waals surface area contributed by atoms with Crippen LogP contribution in [0.4, 0.5) is 0 Å². The molecule has 0 fully saturated rings. The summed E-state index contributed by atoms with van der Waals surface area (Å²) in [7, 11) is 0. The number of nitrogens with zero attached hydrogens (tertiary/aromatic N) is 2. The van der Waals surface area contributed by atoms with Crippen LogP contribution in [0.1, 0.15) is 12.7 Å². The summed E-state index contributed by atoms with van der Waals surface area (Å²) in [6.07, 6.45) is -0.704. The molecule has 2 aromatic heterocycles. The second-order valence-corrected chi connectivity index (χ2v) is 7.37. The van der Waals surface area contributed by atoms with Gasteiger partial charge in [0, 0.05) is 10.9 Å². The molecule has 4 rings (SSSR count). The van der Waals surface area contributed by atoms with Crippen molar-refractivity contribution >= 4 is 27.5 Å². The zero-order chi connectivity index (χ0) is 20.4. The van der Waals surface area contributed by atoms with Gasteiger partial charge in [0.2, 0.25) is 5.88 Å². The van der Waals surface area contributed by atoms with Crippen LogP contribution >= 0.6 is 11.3 Å². The van der Waals surface area contributed by atoms with Gasteiger partial charge in [-0.25, -0.2) is 4.98 Å². The lowest BCUT2D eigenvalue weighted by atomic mass is 10.1. The Morgan fingerprint density at radius 3 is 2.41 bits per heavy atom. The molecule has 1 unspecified atom stereocenters. The van der Waals surface area contributed by atoms with E-state index in [-0.39, 0.29) is 0 Å². The zero-order valence-electron chi connectivity index (χ0n) is 16.0. The minimum absolute atomic E-state index is 0.506. The molecule has 0 saturated heterocycles. The average molecular weight is 405 g/mol. The van der Waals surface area contributed by atoms with E-state index >= 15 is 0 Å². The minimum Gasteiger partial charge on any atom is -0.481 e. The number of aryl methyl sites for hydroxylation is 1. The fourth-order valence-electron chi connectivity index (χ4n) is 2.88. The van der Waals surface area contributed by atoms with Crippen LogP contribution in [0.25, 0.3) is 21.3 Å². The average Bonchev–Trinajstić information content (AvgIpc) is 3.14. The highest BCUT2D eigenvalue weighted by Gasteiger charge is 2.16.